The Bertz CT molecular complexity index is 827. The fraction of sp³-hybridized carbons (Fsp3) is 0.286. The largest absolute Gasteiger partial charge is 0.488 e. The van der Waals surface area contributed by atoms with E-state index in [-0.39, 0.29) is 12.5 Å². The fourth-order valence-electron chi connectivity index (χ4n) is 2.58. The van der Waals surface area contributed by atoms with Gasteiger partial charge in [0.15, 0.2) is 6.29 Å². The molecule has 0 aliphatic heterocycles. The van der Waals surface area contributed by atoms with E-state index in [1.54, 1.807) is 44.2 Å². The zero-order valence-electron chi connectivity index (χ0n) is 15.6. The number of aliphatic carboxylic acids is 1. The first kappa shape index (κ1) is 20.2. The maximum atomic E-state index is 12.2. The normalized spacial score (nSPS) is 11.7. The molecule has 0 radical (unpaired) electrons. The highest BCUT2D eigenvalue weighted by molar-refractivity contribution is 5.96. The van der Waals surface area contributed by atoms with E-state index in [1.807, 2.05) is 19.1 Å². The summed E-state index contributed by atoms with van der Waals surface area (Å²) in [5.74, 6) is -1.22. The van der Waals surface area contributed by atoms with Crippen molar-refractivity contribution in [1.82, 2.24) is 5.32 Å². The summed E-state index contributed by atoms with van der Waals surface area (Å²) < 4.78 is 5.71. The van der Waals surface area contributed by atoms with Crippen molar-refractivity contribution in [1.29, 1.82) is 0 Å². The van der Waals surface area contributed by atoms with Gasteiger partial charge in [-0.1, -0.05) is 38.1 Å². The molecule has 1 amide bonds. The molecular weight excluding hydrogens is 346 g/mol. The number of carbonyl (C=O) groups excluding carboxylic acids is 2. The summed E-state index contributed by atoms with van der Waals surface area (Å²) in [6.45, 7) is 5.55. The van der Waals surface area contributed by atoms with Crippen molar-refractivity contribution in [3.8, 4) is 5.75 Å². The molecule has 6 nitrogen and oxygen atoms in total. The van der Waals surface area contributed by atoms with E-state index in [0.29, 0.717) is 16.9 Å². The summed E-state index contributed by atoms with van der Waals surface area (Å²) in [7, 11) is 0. The number of benzene rings is 2. The standard InChI is InChI=1S/C21H23NO5/c1-13(2)19(21(25)26)22-20(24)16-9-7-15(8-10-16)12-27-18-6-4-5-14(3)17(18)11-23/h4-11,13,19H,12H2,1-3H3,(H,22,24)(H,25,26)/t19-/m0/s1. The molecule has 0 bridgehead atoms. The molecule has 0 saturated heterocycles. The van der Waals surface area contributed by atoms with E-state index in [2.05, 4.69) is 5.32 Å². The molecular formula is C21H23NO5. The number of ether oxygens (including phenoxy) is 1. The fourth-order valence-corrected chi connectivity index (χ4v) is 2.58. The summed E-state index contributed by atoms with van der Waals surface area (Å²) in [6, 6.07) is 11.1. The van der Waals surface area contributed by atoms with Crippen LogP contribution in [0.15, 0.2) is 42.5 Å². The van der Waals surface area contributed by atoms with Crippen LogP contribution in [0.25, 0.3) is 0 Å². The first-order chi connectivity index (χ1) is 12.8. The van der Waals surface area contributed by atoms with Gasteiger partial charge in [-0.05, 0) is 42.2 Å². The van der Waals surface area contributed by atoms with E-state index in [1.165, 1.54) is 0 Å². The van der Waals surface area contributed by atoms with Crippen LogP contribution in [0.2, 0.25) is 0 Å². The molecule has 27 heavy (non-hydrogen) atoms. The number of aldehydes is 1. The van der Waals surface area contributed by atoms with Crippen molar-refractivity contribution < 1.29 is 24.2 Å². The van der Waals surface area contributed by atoms with Gasteiger partial charge in [0.2, 0.25) is 0 Å². The van der Waals surface area contributed by atoms with Gasteiger partial charge in [0.25, 0.3) is 5.91 Å². The van der Waals surface area contributed by atoms with Gasteiger partial charge in [0.1, 0.15) is 18.4 Å². The molecule has 0 aromatic heterocycles. The second-order valence-electron chi connectivity index (χ2n) is 6.62. The molecule has 2 aromatic carbocycles. The van der Waals surface area contributed by atoms with Crippen LogP contribution in [0.4, 0.5) is 0 Å². The average molecular weight is 369 g/mol. The van der Waals surface area contributed by atoms with Crippen molar-refractivity contribution in [2.75, 3.05) is 0 Å². The predicted octanol–water partition coefficient (Wildman–Crippen LogP) is 3.23. The van der Waals surface area contributed by atoms with Crippen LogP contribution in [0.1, 0.15) is 45.7 Å². The summed E-state index contributed by atoms with van der Waals surface area (Å²) in [6.07, 6.45) is 0.770. The van der Waals surface area contributed by atoms with Gasteiger partial charge in [0, 0.05) is 5.56 Å². The lowest BCUT2D eigenvalue weighted by Gasteiger charge is -2.18. The van der Waals surface area contributed by atoms with Crippen molar-refractivity contribution in [2.24, 2.45) is 5.92 Å². The number of amides is 1. The lowest BCUT2D eigenvalue weighted by atomic mass is 10.0. The van der Waals surface area contributed by atoms with Gasteiger partial charge in [0.05, 0.1) is 5.56 Å². The Morgan fingerprint density at radius 3 is 2.37 bits per heavy atom. The van der Waals surface area contributed by atoms with Crippen LogP contribution in [0.3, 0.4) is 0 Å². The molecule has 0 heterocycles. The molecule has 0 saturated carbocycles. The van der Waals surface area contributed by atoms with E-state index in [9.17, 15) is 14.4 Å². The van der Waals surface area contributed by atoms with Crippen LogP contribution in [0, 0.1) is 12.8 Å². The molecule has 2 rings (SSSR count). The summed E-state index contributed by atoms with van der Waals surface area (Å²) >= 11 is 0. The quantitative estimate of drug-likeness (QED) is 0.697. The highest BCUT2D eigenvalue weighted by atomic mass is 16.5. The first-order valence-electron chi connectivity index (χ1n) is 8.63. The second kappa shape index (κ2) is 8.98. The molecule has 0 fully saturated rings. The molecule has 0 aliphatic carbocycles. The average Bonchev–Trinajstić information content (AvgIpc) is 2.64. The van der Waals surface area contributed by atoms with E-state index in [0.717, 1.165) is 17.4 Å². The highest BCUT2D eigenvalue weighted by Gasteiger charge is 2.23. The van der Waals surface area contributed by atoms with Gasteiger partial charge in [-0.15, -0.1) is 0 Å². The minimum absolute atomic E-state index is 0.222. The first-order valence-corrected chi connectivity index (χ1v) is 8.63. The molecule has 2 N–H and O–H groups in total. The third-order valence-corrected chi connectivity index (χ3v) is 4.23. The Hall–Kier alpha value is -3.15. The lowest BCUT2D eigenvalue weighted by Crippen LogP contribution is -2.44. The van der Waals surface area contributed by atoms with Crippen LogP contribution in [-0.2, 0) is 11.4 Å². The number of carbonyl (C=O) groups is 3. The Morgan fingerprint density at radius 1 is 1.15 bits per heavy atom. The van der Waals surface area contributed by atoms with Crippen LogP contribution >= 0.6 is 0 Å². The molecule has 142 valence electrons. The van der Waals surface area contributed by atoms with Crippen LogP contribution in [0.5, 0.6) is 5.75 Å². The number of hydrogen-bond acceptors (Lipinski definition) is 4. The monoisotopic (exact) mass is 369 g/mol. The van der Waals surface area contributed by atoms with Gasteiger partial charge < -0.3 is 15.2 Å². The summed E-state index contributed by atoms with van der Waals surface area (Å²) in [4.78, 5) is 34.6. The molecule has 0 spiro atoms. The molecule has 2 aromatic rings. The van der Waals surface area contributed by atoms with E-state index >= 15 is 0 Å². The number of nitrogens with one attached hydrogen (secondary N) is 1. The molecule has 6 heteroatoms. The van der Waals surface area contributed by atoms with Gasteiger partial charge >= 0.3 is 5.97 Å². The Labute approximate surface area is 158 Å². The van der Waals surface area contributed by atoms with Gasteiger partial charge in [-0.25, -0.2) is 4.79 Å². The van der Waals surface area contributed by atoms with Crippen molar-refractivity contribution in [3.05, 3.63) is 64.7 Å². The van der Waals surface area contributed by atoms with Gasteiger partial charge in [-0.2, -0.15) is 0 Å². The maximum absolute atomic E-state index is 12.2. The van der Waals surface area contributed by atoms with Crippen molar-refractivity contribution in [2.45, 2.75) is 33.4 Å². The minimum Gasteiger partial charge on any atom is -0.488 e. The highest BCUT2D eigenvalue weighted by Crippen LogP contribution is 2.21. The predicted molar refractivity (Wildman–Crippen MR) is 101 cm³/mol. The third-order valence-electron chi connectivity index (χ3n) is 4.23. The number of hydrogen-bond donors (Lipinski definition) is 2. The molecule has 0 aliphatic rings. The zero-order valence-corrected chi connectivity index (χ0v) is 15.6. The Morgan fingerprint density at radius 2 is 1.81 bits per heavy atom. The van der Waals surface area contributed by atoms with Crippen LogP contribution in [-0.4, -0.2) is 29.3 Å². The second-order valence-corrected chi connectivity index (χ2v) is 6.62. The minimum atomic E-state index is -1.06. The van der Waals surface area contributed by atoms with Crippen molar-refractivity contribution >= 4 is 18.2 Å². The van der Waals surface area contributed by atoms with E-state index in [4.69, 9.17) is 9.84 Å². The number of carboxylic acids is 1. The molecule has 0 unspecified atom stereocenters. The maximum Gasteiger partial charge on any atom is 0.326 e. The molecule has 1 atom stereocenters. The smallest absolute Gasteiger partial charge is 0.326 e. The van der Waals surface area contributed by atoms with E-state index < -0.39 is 17.9 Å². The zero-order chi connectivity index (χ0) is 20.0. The summed E-state index contributed by atoms with van der Waals surface area (Å²) in [5, 5.41) is 11.7. The number of aryl methyl sites for hydroxylation is 1. The number of rotatable bonds is 8. The summed E-state index contributed by atoms with van der Waals surface area (Å²) in [5.41, 5.74) is 2.55. The van der Waals surface area contributed by atoms with Crippen molar-refractivity contribution in [3.63, 3.8) is 0 Å². The lowest BCUT2D eigenvalue weighted by molar-refractivity contribution is -0.140. The van der Waals surface area contributed by atoms with Crippen LogP contribution < -0.4 is 10.1 Å². The Balaban J connectivity index is 2.03. The number of carboxylic acid groups (broad SMARTS) is 1. The van der Waals surface area contributed by atoms with Gasteiger partial charge in [-0.3, -0.25) is 9.59 Å². The Kier molecular flexibility index (Phi) is 6.71. The topological polar surface area (TPSA) is 92.7 Å². The third kappa shape index (κ3) is 5.17. The SMILES string of the molecule is Cc1cccc(OCc2ccc(C(=O)N[C@H](C(=O)O)C(C)C)cc2)c1C=O.